The van der Waals surface area contributed by atoms with Crippen LogP contribution in [0.25, 0.3) is 22.3 Å². The smallest absolute Gasteiger partial charge is 0.247 e. The number of hydrogen-bond acceptors (Lipinski definition) is 9. The summed E-state index contributed by atoms with van der Waals surface area (Å²) in [4.78, 5) is 31.7. The van der Waals surface area contributed by atoms with E-state index in [1.165, 1.54) is 6.08 Å². The van der Waals surface area contributed by atoms with Gasteiger partial charge in [0.25, 0.3) is 0 Å². The maximum atomic E-state index is 12.4. The quantitative estimate of drug-likeness (QED) is 0.255. The third-order valence-electron chi connectivity index (χ3n) is 5.97. The van der Waals surface area contributed by atoms with Gasteiger partial charge in [-0.25, -0.2) is 9.37 Å². The molecule has 0 unspecified atom stereocenters. The molecule has 1 amide bonds. The van der Waals surface area contributed by atoms with Gasteiger partial charge >= 0.3 is 0 Å². The van der Waals surface area contributed by atoms with Gasteiger partial charge in [0.05, 0.1) is 11.7 Å². The number of carbonyl (C=O) groups is 1. The summed E-state index contributed by atoms with van der Waals surface area (Å²) in [5.41, 5.74) is 10.1. The maximum Gasteiger partial charge on any atom is 0.247 e. The number of nitrogens with zero attached hydrogens (tertiary/aromatic N) is 5. The molecule has 1 aliphatic rings. The summed E-state index contributed by atoms with van der Waals surface area (Å²) in [5, 5.41) is 10.0. The summed E-state index contributed by atoms with van der Waals surface area (Å²) in [7, 11) is 0. The average Bonchev–Trinajstić information content (AvgIpc) is 2.88. The maximum absolute atomic E-state index is 12.4. The standard InChI is InChI=1S/C26H26FN9O/c1-2-22(37)32-18-7-10-29-21(13-18)24-23-20(8-11-30-24)25(28)35-26(34-23)33-17-5-3-16(4-6-17)31-19-14-36(15-19)12-9-27/h2-8,10-11,13,19,31H,1,9,12,14-15H2,(H,29,32,37)(H3,28,33,34,35). The van der Waals surface area contributed by atoms with Crippen LogP contribution in [0.15, 0.2) is 67.5 Å². The molecule has 1 fully saturated rings. The van der Waals surface area contributed by atoms with Gasteiger partial charge in [0.1, 0.15) is 23.7 Å². The van der Waals surface area contributed by atoms with Crippen LogP contribution in [0.1, 0.15) is 0 Å². The first kappa shape index (κ1) is 24.1. The first-order valence-corrected chi connectivity index (χ1v) is 11.8. The van der Waals surface area contributed by atoms with Crippen LogP contribution in [0.2, 0.25) is 0 Å². The average molecular weight is 500 g/mol. The number of nitrogens with one attached hydrogen (secondary N) is 3. The fraction of sp³-hybridized carbons (Fsp3) is 0.192. The zero-order valence-corrected chi connectivity index (χ0v) is 20.0. The van der Waals surface area contributed by atoms with Crippen molar-refractivity contribution in [1.29, 1.82) is 0 Å². The molecule has 5 rings (SSSR count). The molecule has 4 heterocycles. The molecule has 0 radical (unpaired) electrons. The van der Waals surface area contributed by atoms with Crippen molar-refractivity contribution < 1.29 is 9.18 Å². The predicted molar refractivity (Wildman–Crippen MR) is 143 cm³/mol. The molecule has 11 heteroatoms. The van der Waals surface area contributed by atoms with E-state index in [1.54, 1.807) is 30.6 Å². The van der Waals surface area contributed by atoms with Crippen LogP contribution in [0.4, 0.5) is 33.2 Å². The van der Waals surface area contributed by atoms with E-state index >= 15 is 0 Å². The highest BCUT2D eigenvalue weighted by Gasteiger charge is 2.25. The minimum absolute atomic E-state index is 0.299. The van der Waals surface area contributed by atoms with Gasteiger partial charge in [-0.3, -0.25) is 19.7 Å². The molecular formula is C26H26FN9O. The molecular weight excluding hydrogens is 473 g/mol. The normalized spacial score (nSPS) is 13.6. The van der Waals surface area contributed by atoms with Crippen molar-refractivity contribution in [2.24, 2.45) is 0 Å². The van der Waals surface area contributed by atoms with E-state index in [9.17, 15) is 9.18 Å². The van der Waals surface area contributed by atoms with Gasteiger partial charge < -0.3 is 21.7 Å². The number of nitrogen functional groups attached to an aromatic ring is 1. The van der Waals surface area contributed by atoms with Gasteiger partial charge in [0.15, 0.2) is 0 Å². The molecule has 37 heavy (non-hydrogen) atoms. The molecule has 0 saturated carbocycles. The SMILES string of the molecule is C=CC(=O)Nc1ccnc(-c2nccc3c(N)nc(Nc4ccc(NC5CN(CCF)C5)cc4)nc23)c1. The third-order valence-corrected chi connectivity index (χ3v) is 5.97. The molecule has 10 nitrogen and oxygen atoms in total. The summed E-state index contributed by atoms with van der Waals surface area (Å²) < 4.78 is 12.4. The summed E-state index contributed by atoms with van der Waals surface area (Å²) >= 11 is 0. The number of rotatable bonds is 9. The molecule has 1 aliphatic heterocycles. The lowest BCUT2D eigenvalue weighted by molar-refractivity contribution is -0.111. The molecule has 5 N–H and O–H groups in total. The fourth-order valence-electron chi connectivity index (χ4n) is 4.13. The summed E-state index contributed by atoms with van der Waals surface area (Å²) in [6, 6.07) is 13.2. The number of alkyl halides is 1. The second-order valence-electron chi connectivity index (χ2n) is 8.60. The lowest BCUT2D eigenvalue weighted by Crippen LogP contribution is -2.55. The van der Waals surface area contributed by atoms with Gasteiger partial charge in [-0.2, -0.15) is 4.98 Å². The number of fused-ring (bicyclic) bond motifs is 1. The Kier molecular flexibility index (Phi) is 6.86. The van der Waals surface area contributed by atoms with E-state index in [-0.39, 0.29) is 12.6 Å². The predicted octanol–water partition coefficient (Wildman–Crippen LogP) is 3.60. The highest BCUT2D eigenvalue weighted by molar-refractivity contribution is 6.00. The molecule has 0 aliphatic carbocycles. The van der Waals surface area contributed by atoms with Crippen molar-refractivity contribution in [3.8, 4) is 11.4 Å². The van der Waals surface area contributed by atoms with Crippen LogP contribution >= 0.6 is 0 Å². The van der Waals surface area contributed by atoms with E-state index in [0.29, 0.717) is 52.3 Å². The molecule has 0 bridgehead atoms. The number of pyridine rings is 2. The summed E-state index contributed by atoms with van der Waals surface area (Å²) in [6.45, 7) is 5.31. The van der Waals surface area contributed by atoms with E-state index in [0.717, 1.165) is 24.5 Å². The second-order valence-corrected chi connectivity index (χ2v) is 8.60. The largest absolute Gasteiger partial charge is 0.383 e. The number of likely N-dealkylation sites (tertiary alicyclic amines) is 1. The number of benzene rings is 1. The van der Waals surface area contributed by atoms with Crippen LogP contribution in [0.5, 0.6) is 0 Å². The number of halogens is 1. The topological polar surface area (TPSA) is 134 Å². The lowest BCUT2D eigenvalue weighted by Gasteiger charge is -2.39. The van der Waals surface area contributed by atoms with Crippen LogP contribution in [-0.4, -0.2) is 63.1 Å². The minimum Gasteiger partial charge on any atom is -0.383 e. The Labute approximate surface area is 212 Å². The second kappa shape index (κ2) is 10.5. The van der Waals surface area contributed by atoms with Gasteiger partial charge in [-0.15, -0.1) is 0 Å². The zero-order chi connectivity index (χ0) is 25.8. The number of carbonyl (C=O) groups excluding carboxylic acids is 1. The number of hydrogen-bond donors (Lipinski definition) is 4. The summed E-state index contributed by atoms with van der Waals surface area (Å²) in [5.74, 6) is 0.291. The molecule has 1 aromatic carbocycles. The molecule has 4 aromatic rings. The van der Waals surface area contributed by atoms with Crippen molar-refractivity contribution in [1.82, 2.24) is 24.8 Å². The number of aromatic nitrogens is 4. The zero-order valence-electron chi connectivity index (χ0n) is 20.0. The van der Waals surface area contributed by atoms with Crippen LogP contribution in [-0.2, 0) is 4.79 Å². The first-order valence-electron chi connectivity index (χ1n) is 11.8. The van der Waals surface area contributed by atoms with Crippen LogP contribution in [0.3, 0.4) is 0 Å². The monoisotopic (exact) mass is 499 g/mol. The van der Waals surface area contributed by atoms with Crippen molar-refractivity contribution in [2.75, 3.05) is 48.0 Å². The molecule has 0 atom stereocenters. The van der Waals surface area contributed by atoms with Crippen molar-refractivity contribution in [3.05, 3.63) is 67.5 Å². The minimum atomic E-state index is -0.325. The molecule has 3 aromatic heterocycles. The van der Waals surface area contributed by atoms with E-state index in [1.807, 2.05) is 24.3 Å². The van der Waals surface area contributed by atoms with Crippen molar-refractivity contribution in [3.63, 3.8) is 0 Å². The van der Waals surface area contributed by atoms with Crippen LogP contribution < -0.4 is 21.7 Å². The Morgan fingerprint density at radius 1 is 1.08 bits per heavy atom. The number of amides is 1. The van der Waals surface area contributed by atoms with Crippen LogP contribution in [0, 0.1) is 0 Å². The number of nitrogens with two attached hydrogens (primary N) is 1. The van der Waals surface area contributed by atoms with Gasteiger partial charge in [-0.05, 0) is 48.5 Å². The van der Waals surface area contributed by atoms with E-state index in [2.05, 4.69) is 47.4 Å². The Morgan fingerprint density at radius 3 is 2.59 bits per heavy atom. The highest BCUT2D eigenvalue weighted by atomic mass is 19.1. The van der Waals surface area contributed by atoms with Crippen molar-refractivity contribution >= 4 is 45.6 Å². The number of anilines is 5. The van der Waals surface area contributed by atoms with Gasteiger partial charge in [0, 0.05) is 54.5 Å². The van der Waals surface area contributed by atoms with E-state index < -0.39 is 0 Å². The summed E-state index contributed by atoms with van der Waals surface area (Å²) in [6.07, 6.45) is 4.39. The van der Waals surface area contributed by atoms with Gasteiger partial charge in [0.2, 0.25) is 11.9 Å². The molecule has 1 saturated heterocycles. The molecule has 0 spiro atoms. The highest BCUT2D eigenvalue weighted by Crippen LogP contribution is 2.29. The Hall–Kier alpha value is -4.64. The Morgan fingerprint density at radius 2 is 1.84 bits per heavy atom. The Balaban J connectivity index is 1.36. The molecule has 188 valence electrons. The lowest BCUT2D eigenvalue weighted by atomic mass is 10.1. The van der Waals surface area contributed by atoms with Gasteiger partial charge in [-0.1, -0.05) is 6.58 Å². The van der Waals surface area contributed by atoms with Crippen molar-refractivity contribution in [2.45, 2.75) is 6.04 Å². The Bertz CT molecular complexity index is 1440. The van der Waals surface area contributed by atoms with E-state index in [4.69, 9.17) is 5.73 Å². The fourth-order valence-corrected chi connectivity index (χ4v) is 4.13. The third kappa shape index (κ3) is 5.46. The first-order chi connectivity index (χ1) is 18.0.